The summed E-state index contributed by atoms with van der Waals surface area (Å²) in [5.74, 6) is -1.14. The molecule has 0 bridgehead atoms. The van der Waals surface area contributed by atoms with Crippen LogP contribution in [0.4, 0.5) is 0 Å². The van der Waals surface area contributed by atoms with Crippen molar-refractivity contribution in [3.05, 3.63) is 64.7 Å². The third-order valence-corrected chi connectivity index (χ3v) is 6.48. The molecule has 0 unspecified atom stereocenters. The van der Waals surface area contributed by atoms with Gasteiger partial charge < -0.3 is 5.11 Å². The van der Waals surface area contributed by atoms with Crippen LogP contribution in [0.15, 0.2) is 47.4 Å². The van der Waals surface area contributed by atoms with E-state index in [9.17, 15) is 13.2 Å². The van der Waals surface area contributed by atoms with Crippen LogP contribution in [0.3, 0.4) is 0 Å². The zero-order chi connectivity index (χ0) is 19.4. The second-order valence-electron chi connectivity index (χ2n) is 6.83. The molecule has 0 saturated carbocycles. The molecule has 1 heterocycles. The van der Waals surface area contributed by atoms with E-state index in [1.54, 1.807) is 6.92 Å². The number of aromatic carboxylic acids is 1. The van der Waals surface area contributed by atoms with Crippen LogP contribution >= 0.6 is 0 Å². The lowest BCUT2D eigenvalue weighted by molar-refractivity contribution is 0.0696. The lowest BCUT2D eigenvalue weighted by Crippen LogP contribution is -2.33. The first-order chi connectivity index (χ1) is 12.9. The van der Waals surface area contributed by atoms with Crippen LogP contribution in [0, 0.1) is 6.92 Å². The van der Waals surface area contributed by atoms with E-state index >= 15 is 0 Å². The second-order valence-corrected chi connectivity index (χ2v) is 8.57. The van der Waals surface area contributed by atoms with Gasteiger partial charge in [0.25, 0.3) is 0 Å². The van der Waals surface area contributed by atoms with Crippen LogP contribution in [0.2, 0.25) is 0 Å². The number of aryl methyl sites for hydroxylation is 1. The maximum atomic E-state index is 12.5. The van der Waals surface area contributed by atoms with Gasteiger partial charge in [-0.1, -0.05) is 30.3 Å². The van der Waals surface area contributed by atoms with Gasteiger partial charge in [-0.3, -0.25) is 4.90 Å². The van der Waals surface area contributed by atoms with Crippen LogP contribution in [0.1, 0.15) is 33.5 Å². The summed E-state index contributed by atoms with van der Waals surface area (Å²) in [6, 6.07) is 12.5. The summed E-state index contributed by atoms with van der Waals surface area (Å²) in [6.45, 7) is 4.65. The number of hydrogen-bond donors (Lipinski definition) is 2. The molecule has 144 valence electrons. The molecule has 6 nitrogen and oxygen atoms in total. The molecule has 0 radical (unpaired) electrons. The molecule has 3 rings (SSSR count). The van der Waals surface area contributed by atoms with Gasteiger partial charge in [-0.15, -0.1) is 0 Å². The Hall–Kier alpha value is -2.22. The molecule has 2 aromatic carbocycles. The molecule has 0 spiro atoms. The summed E-state index contributed by atoms with van der Waals surface area (Å²) < 4.78 is 27.6. The zero-order valence-electron chi connectivity index (χ0n) is 15.3. The Kier molecular flexibility index (Phi) is 5.94. The molecular formula is C20H24N2O4S. The Morgan fingerprint density at radius 1 is 1.19 bits per heavy atom. The zero-order valence-corrected chi connectivity index (χ0v) is 16.1. The van der Waals surface area contributed by atoms with Crippen molar-refractivity contribution >= 4 is 16.0 Å². The van der Waals surface area contributed by atoms with Crippen molar-refractivity contribution in [2.75, 3.05) is 19.6 Å². The van der Waals surface area contributed by atoms with Crippen LogP contribution in [-0.4, -0.2) is 44.0 Å². The quantitative estimate of drug-likeness (QED) is 0.712. The summed E-state index contributed by atoms with van der Waals surface area (Å²) in [5.41, 5.74) is 3.22. The van der Waals surface area contributed by atoms with Crippen LogP contribution < -0.4 is 4.72 Å². The Morgan fingerprint density at radius 3 is 2.67 bits per heavy atom. The molecule has 2 aromatic rings. The third-order valence-electron chi connectivity index (χ3n) is 4.88. The number of benzene rings is 2. The molecule has 0 aliphatic carbocycles. The minimum Gasteiger partial charge on any atom is -0.478 e. The maximum absolute atomic E-state index is 12.5. The first kappa shape index (κ1) is 19.5. The number of carboxylic acid groups (broad SMARTS) is 1. The first-order valence-corrected chi connectivity index (χ1v) is 10.5. The highest BCUT2D eigenvalue weighted by Gasteiger charge is 2.19. The fraction of sp³-hybridized carbons (Fsp3) is 0.350. The number of hydrogen-bond acceptors (Lipinski definition) is 4. The predicted octanol–water partition coefficient (Wildman–Crippen LogP) is 2.42. The summed E-state index contributed by atoms with van der Waals surface area (Å²) in [7, 11) is -3.73. The number of nitrogens with zero attached hydrogens (tertiary/aromatic N) is 1. The summed E-state index contributed by atoms with van der Waals surface area (Å²) in [6.07, 6.45) is 1.71. The average Bonchev–Trinajstić information content (AvgIpc) is 2.65. The topological polar surface area (TPSA) is 86.7 Å². The molecule has 27 heavy (non-hydrogen) atoms. The molecule has 0 atom stereocenters. The number of carboxylic acids is 1. The predicted molar refractivity (Wildman–Crippen MR) is 103 cm³/mol. The summed E-state index contributed by atoms with van der Waals surface area (Å²) in [4.78, 5) is 13.4. The fourth-order valence-corrected chi connectivity index (χ4v) is 4.70. The largest absolute Gasteiger partial charge is 0.478 e. The standard InChI is InChI=1S/C20H24N2O4S/c1-15-7-8-17(20(23)24)13-19(15)27(25,26)21-10-4-11-22-12-9-16-5-2-3-6-18(16)14-22/h2-3,5-8,13,21H,4,9-12,14H2,1H3,(H,23,24). The van der Waals surface area contributed by atoms with Crippen molar-refractivity contribution in [1.82, 2.24) is 9.62 Å². The Bertz CT molecular complexity index is 941. The normalized spacial score (nSPS) is 14.7. The van der Waals surface area contributed by atoms with E-state index in [1.807, 2.05) is 6.07 Å². The highest BCUT2D eigenvalue weighted by molar-refractivity contribution is 7.89. The van der Waals surface area contributed by atoms with Gasteiger partial charge in [0, 0.05) is 19.6 Å². The maximum Gasteiger partial charge on any atom is 0.335 e. The lowest BCUT2D eigenvalue weighted by Gasteiger charge is -2.28. The number of rotatable bonds is 7. The van der Waals surface area contributed by atoms with Gasteiger partial charge in [-0.25, -0.2) is 17.9 Å². The van der Waals surface area contributed by atoms with Crippen LogP contribution in [0.25, 0.3) is 0 Å². The highest BCUT2D eigenvalue weighted by Crippen LogP contribution is 2.19. The van der Waals surface area contributed by atoms with Crippen LogP contribution in [-0.2, 0) is 23.0 Å². The molecule has 1 aliphatic heterocycles. The highest BCUT2D eigenvalue weighted by atomic mass is 32.2. The molecule has 1 aliphatic rings. The van der Waals surface area contributed by atoms with Crippen molar-refractivity contribution in [1.29, 1.82) is 0 Å². The number of fused-ring (bicyclic) bond motifs is 1. The third kappa shape index (κ3) is 4.74. The Labute approximate surface area is 159 Å². The van der Waals surface area contributed by atoms with E-state index in [1.165, 1.54) is 29.3 Å². The van der Waals surface area contributed by atoms with E-state index in [4.69, 9.17) is 5.11 Å². The number of sulfonamides is 1. The second kappa shape index (κ2) is 8.21. The van der Waals surface area contributed by atoms with E-state index < -0.39 is 16.0 Å². The van der Waals surface area contributed by atoms with Gasteiger partial charge in [-0.2, -0.15) is 0 Å². The van der Waals surface area contributed by atoms with Crippen LogP contribution in [0.5, 0.6) is 0 Å². The minimum atomic E-state index is -3.73. The van der Waals surface area contributed by atoms with Gasteiger partial charge in [0.15, 0.2) is 0 Å². The van der Waals surface area contributed by atoms with Gasteiger partial charge in [-0.05, 0) is 55.1 Å². The Morgan fingerprint density at radius 2 is 1.93 bits per heavy atom. The molecular weight excluding hydrogens is 364 g/mol. The minimum absolute atomic E-state index is 0.0225. The smallest absolute Gasteiger partial charge is 0.335 e. The van der Waals surface area contributed by atoms with Crippen molar-refractivity contribution in [3.63, 3.8) is 0 Å². The van der Waals surface area contributed by atoms with Crippen molar-refractivity contribution in [3.8, 4) is 0 Å². The van der Waals surface area contributed by atoms with E-state index in [2.05, 4.69) is 27.8 Å². The van der Waals surface area contributed by atoms with Gasteiger partial charge >= 0.3 is 5.97 Å². The molecule has 0 saturated heterocycles. The lowest BCUT2D eigenvalue weighted by atomic mass is 10.00. The summed E-state index contributed by atoms with van der Waals surface area (Å²) in [5, 5.41) is 9.07. The monoisotopic (exact) mass is 388 g/mol. The Balaban J connectivity index is 1.55. The van der Waals surface area contributed by atoms with E-state index in [-0.39, 0.29) is 10.5 Å². The van der Waals surface area contributed by atoms with Gasteiger partial charge in [0.2, 0.25) is 10.0 Å². The van der Waals surface area contributed by atoms with Crippen molar-refractivity contribution < 1.29 is 18.3 Å². The van der Waals surface area contributed by atoms with Gasteiger partial charge in [0.1, 0.15) is 0 Å². The average molecular weight is 388 g/mol. The number of carbonyl (C=O) groups is 1. The van der Waals surface area contributed by atoms with E-state index in [0.29, 0.717) is 18.5 Å². The number of nitrogens with one attached hydrogen (secondary N) is 1. The molecule has 0 fully saturated rings. The first-order valence-electron chi connectivity index (χ1n) is 8.99. The SMILES string of the molecule is Cc1ccc(C(=O)O)cc1S(=O)(=O)NCCCN1CCc2ccccc2C1. The molecule has 2 N–H and O–H groups in total. The molecule has 0 aromatic heterocycles. The van der Waals surface area contributed by atoms with Crippen molar-refractivity contribution in [2.45, 2.75) is 31.2 Å². The molecule has 0 amide bonds. The van der Waals surface area contributed by atoms with Crippen molar-refractivity contribution in [2.24, 2.45) is 0 Å². The van der Waals surface area contributed by atoms with Gasteiger partial charge in [0.05, 0.1) is 10.5 Å². The molecule has 7 heteroatoms. The van der Waals surface area contributed by atoms with E-state index in [0.717, 1.165) is 26.1 Å². The summed E-state index contributed by atoms with van der Waals surface area (Å²) >= 11 is 0. The fourth-order valence-electron chi connectivity index (χ4n) is 3.35.